The van der Waals surface area contributed by atoms with E-state index in [0.29, 0.717) is 29.6 Å². The van der Waals surface area contributed by atoms with Crippen molar-refractivity contribution >= 4 is 17.2 Å². The summed E-state index contributed by atoms with van der Waals surface area (Å²) in [5.74, 6) is 1.82. The molecule has 24 heavy (non-hydrogen) atoms. The van der Waals surface area contributed by atoms with Crippen molar-refractivity contribution < 1.29 is 14.3 Å². The maximum Gasteiger partial charge on any atom is 0.253 e. The van der Waals surface area contributed by atoms with Gasteiger partial charge in [-0.05, 0) is 43.9 Å². The SMILES string of the molecule is COc1cc(C(=O)N(C)C(C)C2CC2)ccc1OCc1cscn1. The molecule has 1 aromatic heterocycles. The van der Waals surface area contributed by atoms with Crippen molar-refractivity contribution in [3.63, 3.8) is 0 Å². The molecule has 1 aliphatic carbocycles. The summed E-state index contributed by atoms with van der Waals surface area (Å²) >= 11 is 1.53. The Balaban J connectivity index is 1.71. The quantitative estimate of drug-likeness (QED) is 0.769. The average Bonchev–Trinajstić information content (AvgIpc) is 3.33. The molecule has 1 unspecified atom stereocenters. The fourth-order valence-electron chi connectivity index (χ4n) is 2.66. The zero-order valence-electron chi connectivity index (χ0n) is 14.2. The third-order valence-corrected chi connectivity index (χ3v) is 5.14. The predicted octanol–water partition coefficient (Wildman–Crippen LogP) is 3.60. The van der Waals surface area contributed by atoms with Crippen molar-refractivity contribution in [2.45, 2.75) is 32.4 Å². The van der Waals surface area contributed by atoms with E-state index in [0.717, 1.165) is 5.69 Å². The van der Waals surface area contributed by atoms with Crippen LogP contribution in [0.5, 0.6) is 11.5 Å². The second kappa shape index (κ2) is 7.21. The maximum atomic E-state index is 12.7. The maximum absolute atomic E-state index is 12.7. The van der Waals surface area contributed by atoms with Gasteiger partial charge in [-0.15, -0.1) is 11.3 Å². The first-order valence-corrected chi connectivity index (χ1v) is 8.99. The summed E-state index contributed by atoms with van der Waals surface area (Å²) in [6.45, 7) is 2.49. The summed E-state index contributed by atoms with van der Waals surface area (Å²) in [4.78, 5) is 18.7. The van der Waals surface area contributed by atoms with Crippen LogP contribution in [0.15, 0.2) is 29.1 Å². The van der Waals surface area contributed by atoms with Gasteiger partial charge in [0.2, 0.25) is 0 Å². The molecule has 1 amide bonds. The van der Waals surface area contributed by atoms with Crippen LogP contribution in [-0.2, 0) is 6.61 Å². The van der Waals surface area contributed by atoms with E-state index >= 15 is 0 Å². The molecule has 1 atom stereocenters. The molecule has 0 aliphatic heterocycles. The normalized spacial score (nSPS) is 15.0. The fourth-order valence-corrected chi connectivity index (χ4v) is 3.21. The van der Waals surface area contributed by atoms with Crippen molar-refractivity contribution in [1.29, 1.82) is 0 Å². The first-order chi connectivity index (χ1) is 11.6. The highest BCUT2D eigenvalue weighted by molar-refractivity contribution is 7.07. The molecule has 0 N–H and O–H groups in total. The first-order valence-electron chi connectivity index (χ1n) is 8.05. The van der Waals surface area contributed by atoms with Crippen molar-refractivity contribution in [2.24, 2.45) is 5.92 Å². The van der Waals surface area contributed by atoms with Gasteiger partial charge < -0.3 is 14.4 Å². The molecular weight excluding hydrogens is 324 g/mol. The molecule has 1 fully saturated rings. The Morgan fingerprint density at radius 3 is 2.83 bits per heavy atom. The van der Waals surface area contributed by atoms with Crippen LogP contribution >= 0.6 is 11.3 Å². The molecule has 1 heterocycles. The number of hydrogen-bond donors (Lipinski definition) is 0. The monoisotopic (exact) mass is 346 g/mol. The third-order valence-electron chi connectivity index (χ3n) is 4.51. The molecule has 1 aliphatic rings. The van der Waals surface area contributed by atoms with Gasteiger partial charge in [-0.2, -0.15) is 0 Å². The van der Waals surface area contributed by atoms with Crippen LogP contribution in [0.25, 0.3) is 0 Å². The highest BCUT2D eigenvalue weighted by atomic mass is 32.1. The highest BCUT2D eigenvalue weighted by Crippen LogP contribution is 2.35. The molecule has 0 radical (unpaired) electrons. The summed E-state index contributed by atoms with van der Waals surface area (Å²) in [5.41, 5.74) is 3.26. The Kier molecular flexibility index (Phi) is 5.04. The van der Waals surface area contributed by atoms with Crippen LogP contribution in [-0.4, -0.2) is 36.0 Å². The van der Waals surface area contributed by atoms with E-state index in [1.165, 1.54) is 24.2 Å². The van der Waals surface area contributed by atoms with Crippen LogP contribution in [0.1, 0.15) is 35.8 Å². The Labute approximate surface area is 146 Å². The van der Waals surface area contributed by atoms with E-state index in [4.69, 9.17) is 9.47 Å². The second-order valence-corrected chi connectivity index (χ2v) is 6.85. The Bertz CT molecular complexity index is 698. The van der Waals surface area contributed by atoms with Gasteiger partial charge >= 0.3 is 0 Å². The summed E-state index contributed by atoms with van der Waals surface area (Å²) in [6.07, 6.45) is 2.43. The molecule has 3 rings (SSSR count). The summed E-state index contributed by atoms with van der Waals surface area (Å²) in [5, 5.41) is 1.94. The van der Waals surface area contributed by atoms with Gasteiger partial charge in [-0.25, -0.2) is 4.98 Å². The lowest BCUT2D eigenvalue weighted by Gasteiger charge is -2.25. The number of ether oxygens (including phenoxy) is 2. The van der Waals surface area contributed by atoms with Crippen LogP contribution in [0.4, 0.5) is 0 Å². The van der Waals surface area contributed by atoms with Gasteiger partial charge in [0.15, 0.2) is 11.5 Å². The van der Waals surface area contributed by atoms with Crippen molar-refractivity contribution in [2.75, 3.05) is 14.2 Å². The van der Waals surface area contributed by atoms with E-state index in [2.05, 4.69) is 11.9 Å². The van der Waals surface area contributed by atoms with Crippen LogP contribution in [0.3, 0.4) is 0 Å². The minimum absolute atomic E-state index is 0.0127. The van der Waals surface area contributed by atoms with Crippen molar-refractivity contribution in [3.05, 3.63) is 40.3 Å². The summed E-state index contributed by atoms with van der Waals surface area (Å²) in [7, 11) is 3.44. The van der Waals surface area contributed by atoms with Gasteiger partial charge in [0.05, 0.1) is 18.3 Å². The Morgan fingerprint density at radius 2 is 2.21 bits per heavy atom. The Hall–Kier alpha value is -2.08. The highest BCUT2D eigenvalue weighted by Gasteiger charge is 2.32. The number of amides is 1. The lowest BCUT2D eigenvalue weighted by molar-refractivity contribution is 0.0727. The first kappa shape index (κ1) is 16.8. The van der Waals surface area contributed by atoms with Crippen LogP contribution in [0.2, 0.25) is 0 Å². The predicted molar refractivity (Wildman–Crippen MR) is 93.7 cm³/mol. The van der Waals surface area contributed by atoms with Crippen molar-refractivity contribution in [3.8, 4) is 11.5 Å². The molecule has 1 saturated carbocycles. The fraction of sp³-hybridized carbons (Fsp3) is 0.444. The second-order valence-electron chi connectivity index (χ2n) is 6.13. The average molecular weight is 346 g/mol. The van der Waals surface area contributed by atoms with Gasteiger partial charge in [-0.1, -0.05) is 0 Å². The van der Waals surface area contributed by atoms with Gasteiger partial charge in [0.25, 0.3) is 5.91 Å². The van der Waals surface area contributed by atoms with Crippen molar-refractivity contribution in [1.82, 2.24) is 9.88 Å². The number of aromatic nitrogens is 1. The molecule has 128 valence electrons. The number of hydrogen-bond acceptors (Lipinski definition) is 5. The molecule has 5 nitrogen and oxygen atoms in total. The van der Waals surface area contributed by atoms with E-state index in [-0.39, 0.29) is 11.9 Å². The number of methoxy groups -OCH3 is 1. The number of nitrogens with zero attached hydrogens (tertiary/aromatic N) is 2. The summed E-state index contributed by atoms with van der Waals surface area (Å²) < 4.78 is 11.2. The van der Waals surface area contributed by atoms with Crippen LogP contribution < -0.4 is 9.47 Å². The number of benzene rings is 1. The molecule has 0 saturated heterocycles. The van der Waals surface area contributed by atoms with Crippen LogP contribution in [0, 0.1) is 5.92 Å². The van der Waals surface area contributed by atoms with Gasteiger partial charge in [-0.3, -0.25) is 4.79 Å². The lowest BCUT2D eigenvalue weighted by Crippen LogP contribution is -2.36. The van der Waals surface area contributed by atoms with E-state index < -0.39 is 0 Å². The number of carbonyl (C=O) groups is 1. The molecule has 0 spiro atoms. The molecular formula is C18H22N2O3S. The van der Waals surface area contributed by atoms with E-state index in [9.17, 15) is 4.79 Å². The van der Waals surface area contributed by atoms with Gasteiger partial charge in [0, 0.05) is 24.0 Å². The standard InChI is InChI=1S/C18H22N2O3S/c1-12(13-4-5-13)20(2)18(21)14-6-7-16(17(8-14)22-3)23-9-15-10-24-11-19-15/h6-8,10-13H,4-5,9H2,1-3H3. The zero-order chi connectivity index (χ0) is 17.1. The van der Waals surface area contributed by atoms with E-state index in [1.54, 1.807) is 30.8 Å². The molecule has 0 bridgehead atoms. The minimum atomic E-state index is 0.0127. The largest absolute Gasteiger partial charge is 0.493 e. The lowest BCUT2D eigenvalue weighted by atomic mass is 10.1. The third kappa shape index (κ3) is 3.70. The topological polar surface area (TPSA) is 51.7 Å². The number of rotatable bonds is 7. The minimum Gasteiger partial charge on any atom is -0.493 e. The summed E-state index contributed by atoms with van der Waals surface area (Å²) in [6, 6.07) is 5.59. The molecule has 6 heteroatoms. The number of carbonyl (C=O) groups excluding carboxylic acids is 1. The zero-order valence-corrected chi connectivity index (χ0v) is 15.0. The van der Waals surface area contributed by atoms with Gasteiger partial charge in [0.1, 0.15) is 6.61 Å². The number of thiazole rings is 1. The molecule has 1 aromatic carbocycles. The smallest absolute Gasteiger partial charge is 0.253 e. The molecule has 2 aromatic rings. The van der Waals surface area contributed by atoms with E-state index in [1.807, 2.05) is 17.3 Å². The Morgan fingerprint density at radius 1 is 1.42 bits per heavy atom.